The van der Waals surface area contributed by atoms with Gasteiger partial charge in [0.05, 0.1) is 31.8 Å². The van der Waals surface area contributed by atoms with Crippen LogP contribution in [0.5, 0.6) is 11.5 Å². The van der Waals surface area contributed by atoms with E-state index in [1.165, 1.54) is 23.5 Å². The van der Waals surface area contributed by atoms with Gasteiger partial charge in [-0.05, 0) is 12.1 Å². The number of hydrogen-bond donors (Lipinski definition) is 1. The summed E-state index contributed by atoms with van der Waals surface area (Å²) in [7, 11) is -2.51. The number of imide groups is 1. The second kappa shape index (κ2) is 8.76. The average Bonchev–Trinajstić information content (AvgIpc) is 2.93. The van der Waals surface area contributed by atoms with E-state index in [0.717, 1.165) is 6.42 Å². The van der Waals surface area contributed by atoms with Gasteiger partial charge in [-0.3, -0.25) is 15.0 Å². The van der Waals surface area contributed by atoms with Crippen LogP contribution in [0, 0.1) is 0 Å². The fraction of sp³-hybridized carbons (Fsp3) is 0.529. The number of methoxy groups -OCH3 is 1. The van der Waals surface area contributed by atoms with Crippen LogP contribution in [0.25, 0.3) is 0 Å². The van der Waals surface area contributed by atoms with E-state index >= 15 is 0 Å². The Labute approximate surface area is 163 Å². The summed E-state index contributed by atoms with van der Waals surface area (Å²) in [5.74, 6) is 0.473. The van der Waals surface area contributed by atoms with Gasteiger partial charge in [0.1, 0.15) is 0 Å². The normalized spacial score (nSPS) is 18.2. The van der Waals surface area contributed by atoms with Crippen molar-refractivity contribution < 1.29 is 32.2 Å². The molecular formula is C17H23N3O7S. The molecule has 28 heavy (non-hydrogen) atoms. The SMILES string of the molecule is COC(=O)NC(=O)CN1CCN(S(=O)(=O)c2ccc3c(c2)OCCCO3)CC1. The summed E-state index contributed by atoms with van der Waals surface area (Å²) in [4.78, 5) is 24.7. The van der Waals surface area contributed by atoms with Crippen LogP contribution >= 0.6 is 0 Å². The third kappa shape index (κ3) is 4.72. The molecular weight excluding hydrogens is 390 g/mol. The van der Waals surface area contributed by atoms with Crippen molar-refractivity contribution in [3.8, 4) is 11.5 Å². The van der Waals surface area contributed by atoms with Crippen molar-refractivity contribution in [3.63, 3.8) is 0 Å². The van der Waals surface area contributed by atoms with E-state index in [1.54, 1.807) is 11.0 Å². The van der Waals surface area contributed by atoms with Gasteiger partial charge in [0.2, 0.25) is 15.9 Å². The minimum Gasteiger partial charge on any atom is -0.490 e. The predicted molar refractivity (Wildman–Crippen MR) is 97.8 cm³/mol. The highest BCUT2D eigenvalue weighted by Gasteiger charge is 2.30. The quantitative estimate of drug-likeness (QED) is 0.736. The molecule has 0 spiro atoms. The number of rotatable bonds is 4. The van der Waals surface area contributed by atoms with Crippen LogP contribution in [0.1, 0.15) is 6.42 Å². The largest absolute Gasteiger partial charge is 0.490 e. The van der Waals surface area contributed by atoms with E-state index in [2.05, 4.69) is 10.1 Å². The Morgan fingerprint density at radius 1 is 1.11 bits per heavy atom. The number of carbonyl (C=O) groups excluding carboxylic acids is 2. The van der Waals surface area contributed by atoms with Crippen LogP contribution < -0.4 is 14.8 Å². The molecule has 10 nitrogen and oxygen atoms in total. The molecule has 0 saturated carbocycles. The lowest BCUT2D eigenvalue weighted by Crippen LogP contribution is -2.51. The van der Waals surface area contributed by atoms with Crippen molar-refractivity contribution >= 4 is 22.0 Å². The number of benzene rings is 1. The monoisotopic (exact) mass is 413 g/mol. The fourth-order valence-corrected chi connectivity index (χ4v) is 4.43. The van der Waals surface area contributed by atoms with Gasteiger partial charge in [0.25, 0.3) is 0 Å². The number of hydrogen-bond acceptors (Lipinski definition) is 8. The van der Waals surface area contributed by atoms with Crippen LogP contribution in [-0.2, 0) is 19.6 Å². The lowest BCUT2D eigenvalue weighted by atomic mass is 10.3. The Bertz CT molecular complexity index is 835. The topological polar surface area (TPSA) is 114 Å². The van der Waals surface area contributed by atoms with E-state index in [-0.39, 0.29) is 24.5 Å². The number of sulfonamides is 1. The Hall–Kier alpha value is -2.37. The van der Waals surface area contributed by atoms with E-state index in [1.807, 2.05) is 0 Å². The molecule has 2 aliphatic rings. The maximum Gasteiger partial charge on any atom is 0.413 e. The van der Waals surface area contributed by atoms with Crippen LogP contribution in [-0.4, -0.2) is 82.7 Å². The molecule has 11 heteroatoms. The van der Waals surface area contributed by atoms with Crippen LogP contribution in [0.4, 0.5) is 4.79 Å². The molecule has 1 aromatic rings. The molecule has 1 saturated heterocycles. The number of alkyl carbamates (subject to hydrolysis) is 1. The standard InChI is InChI=1S/C17H23N3O7S/c1-25-17(22)18-16(21)12-19-5-7-20(8-6-19)28(23,24)13-3-4-14-15(11-13)27-10-2-9-26-14/h3-4,11H,2,5-10,12H2,1H3,(H,18,21,22). The Morgan fingerprint density at radius 2 is 1.79 bits per heavy atom. The zero-order valence-corrected chi connectivity index (χ0v) is 16.4. The summed E-state index contributed by atoms with van der Waals surface area (Å²) in [5.41, 5.74) is 0. The van der Waals surface area contributed by atoms with Crippen molar-refractivity contribution in [2.45, 2.75) is 11.3 Å². The average molecular weight is 413 g/mol. The van der Waals surface area contributed by atoms with Crippen LogP contribution in [0.15, 0.2) is 23.1 Å². The van der Waals surface area contributed by atoms with E-state index in [9.17, 15) is 18.0 Å². The Balaban J connectivity index is 1.61. The maximum atomic E-state index is 12.9. The zero-order valence-electron chi connectivity index (χ0n) is 15.5. The minimum absolute atomic E-state index is 0.00693. The Kier molecular flexibility index (Phi) is 6.37. The summed E-state index contributed by atoms with van der Waals surface area (Å²) in [6.07, 6.45) is -0.0805. The predicted octanol–water partition coefficient (Wildman–Crippen LogP) is 0.0368. The zero-order chi connectivity index (χ0) is 20.1. The van der Waals surface area contributed by atoms with Crippen molar-refractivity contribution in [1.82, 2.24) is 14.5 Å². The molecule has 0 radical (unpaired) electrons. The number of fused-ring (bicyclic) bond motifs is 1. The number of nitrogens with one attached hydrogen (secondary N) is 1. The molecule has 1 fully saturated rings. The highest BCUT2D eigenvalue weighted by molar-refractivity contribution is 7.89. The number of carbonyl (C=O) groups is 2. The van der Waals surface area contributed by atoms with Crippen molar-refractivity contribution in [2.75, 3.05) is 53.0 Å². The molecule has 1 N–H and O–H groups in total. The molecule has 3 rings (SSSR count). The first-order valence-electron chi connectivity index (χ1n) is 8.90. The number of amides is 2. The summed E-state index contributed by atoms with van der Waals surface area (Å²) in [6.45, 7) is 2.22. The second-order valence-electron chi connectivity index (χ2n) is 6.38. The Morgan fingerprint density at radius 3 is 2.46 bits per heavy atom. The molecule has 154 valence electrons. The van der Waals surface area contributed by atoms with Gasteiger partial charge in [-0.25, -0.2) is 13.2 Å². The van der Waals surface area contributed by atoms with Gasteiger partial charge >= 0.3 is 6.09 Å². The third-order valence-electron chi connectivity index (χ3n) is 4.48. The number of nitrogens with zero attached hydrogens (tertiary/aromatic N) is 2. The fourth-order valence-electron chi connectivity index (χ4n) is 2.99. The maximum absolute atomic E-state index is 12.9. The second-order valence-corrected chi connectivity index (χ2v) is 8.32. The van der Waals surface area contributed by atoms with Gasteiger partial charge in [-0.2, -0.15) is 4.31 Å². The van der Waals surface area contributed by atoms with Gasteiger partial charge < -0.3 is 14.2 Å². The molecule has 0 aliphatic carbocycles. The molecule has 2 amide bonds. The van der Waals surface area contributed by atoms with Crippen LogP contribution in [0.2, 0.25) is 0 Å². The lowest BCUT2D eigenvalue weighted by molar-refractivity contribution is -0.121. The number of piperazine rings is 1. The number of ether oxygens (including phenoxy) is 3. The van der Waals surface area contributed by atoms with E-state index in [0.29, 0.717) is 37.8 Å². The van der Waals surface area contributed by atoms with Gasteiger partial charge in [0, 0.05) is 38.7 Å². The highest BCUT2D eigenvalue weighted by atomic mass is 32.2. The smallest absolute Gasteiger partial charge is 0.413 e. The molecule has 0 aromatic heterocycles. The molecule has 1 aromatic carbocycles. The molecule has 2 heterocycles. The minimum atomic E-state index is -3.69. The van der Waals surface area contributed by atoms with Gasteiger partial charge in [-0.15, -0.1) is 0 Å². The highest BCUT2D eigenvalue weighted by Crippen LogP contribution is 2.33. The molecule has 0 atom stereocenters. The first-order valence-corrected chi connectivity index (χ1v) is 10.3. The molecule has 0 bridgehead atoms. The van der Waals surface area contributed by atoms with E-state index in [4.69, 9.17) is 9.47 Å². The summed E-state index contributed by atoms with van der Waals surface area (Å²) < 4.78 is 42.7. The summed E-state index contributed by atoms with van der Waals surface area (Å²) in [6, 6.07) is 4.62. The van der Waals surface area contributed by atoms with Crippen molar-refractivity contribution in [1.29, 1.82) is 0 Å². The summed E-state index contributed by atoms with van der Waals surface area (Å²) in [5, 5.41) is 2.08. The van der Waals surface area contributed by atoms with Crippen LogP contribution in [0.3, 0.4) is 0 Å². The van der Waals surface area contributed by atoms with Gasteiger partial charge in [-0.1, -0.05) is 0 Å². The first kappa shape index (κ1) is 20.4. The molecule has 0 unspecified atom stereocenters. The first-order chi connectivity index (χ1) is 13.4. The molecule has 2 aliphatic heterocycles. The van der Waals surface area contributed by atoms with Gasteiger partial charge in [0.15, 0.2) is 11.5 Å². The van der Waals surface area contributed by atoms with E-state index < -0.39 is 22.0 Å². The van der Waals surface area contributed by atoms with Crippen molar-refractivity contribution in [3.05, 3.63) is 18.2 Å². The lowest BCUT2D eigenvalue weighted by Gasteiger charge is -2.33. The van der Waals surface area contributed by atoms with Crippen molar-refractivity contribution in [2.24, 2.45) is 0 Å². The summed E-state index contributed by atoms with van der Waals surface area (Å²) >= 11 is 0. The third-order valence-corrected chi connectivity index (χ3v) is 6.38.